The standard InChI is InChI=1S/C16H20N8O8S2/c1-7-4-18-23(21-7)5-9-11(13(26)24(9)34(29,30)31)20-12(25)10(8-6-33-15(17)19-8)22-32-16(2,3)14(27)28/h4,6,9,11H,5H2,1-3H3,(H2,17,19)(H,20,25)(H,27,28)(H,29,30,31)/t9-,11+/m1/s1. The molecule has 1 fully saturated rings. The number of aromatic nitrogens is 4. The number of carbonyl (C=O) groups excluding carboxylic acids is 2. The Morgan fingerprint density at radius 1 is 1.41 bits per heavy atom. The molecule has 1 saturated heterocycles. The third-order valence-corrected chi connectivity index (χ3v) is 6.19. The second-order valence-corrected chi connectivity index (χ2v) is 9.77. The first-order valence-electron chi connectivity index (χ1n) is 9.40. The van der Waals surface area contributed by atoms with E-state index >= 15 is 0 Å². The molecule has 1 aliphatic rings. The van der Waals surface area contributed by atoms with Gasteiger partial charge in [-0.2, -0.15) is 23.4 Å². The molecule has 2 aromatic rings. The zero-order chi connectivity index (χ0) is 25.4. The first-order chi connectivity index (χ1) is 15.7. The van der Waals surface area contributed by atoms with Crippen molar-refractivity contribution in [2.24, 2.45) is 5.16 Å². The molecule has 0 radical (unpaired) electrons. The number of aliphatic carboxylic acids is 1. The molecule has 0 aromatic carbocycles. The molecule has 0 spiro atoms. The number of nitrogen functional groups attached to an aromatic ring is 1. The molecule has 5 N–H and O–H groups in total. The average Bonchev–Trinajstić information content (AvgIpc) is 3.32. The summed E-state index contributed by atoms with van der Waals surface area (Å²) in [6.45, 7) is 3.75. The maximum Gasteiger partial charge on any atom is 0.362 e. The first kappa shape index (κ1) is 25.0. The molecule has 1 aliphatic heterocycles. The molecule has 184 valence electrons. The lowest BCUT2D eigenvalue weighted by molar-refractivity contribution is -0.161. The van der Waals surface area contributed by atoms with Gasteiger partial charge in [-0.25, -0.2) is 14.1 Å². The quantitative estimate of drug-likeness (QED) is 0.128. The van der Waals surface area contributed by atoms with Crippen LogP contribution in [0.2, 0.25) is 0 Å². The van der Waals surface area contributed by atoms with Crippen LogP contribution >= 0.6 is 11.3 Å². The van der Waals surface area contributed by atoms with Crippen LogP contribution in [0.15, 0.2) is 16.7 Å². The Morgan fingerprint density at radius 3 is 2.59 bits per heavy atom. The van der Waals surface area contributed by atoms with Gasteiger partial charge in [-0.05, 0) is 20.8 Å². The number of nitrogens with zero attached hydrogens (tertiary/aromatic N) is 6. The molecule has 2 atom stereocenters. The van der Waals surface area contributed by atoms with E-state index in [0.29, 0.717) is 5.69 Å². The number of hydrogen-bond donors (Lipinski definition) is 4. The molecule has 2 aromatic heterocycles. The summed E-state index contributed by atoms with van der Waals surface area (Å²) >= 11 is 0.964. The van der Waals surface area contributed by atoms with Crippen molar-refractivity contribution in [3.63, 3.8) is 0 Å². The predicted octanol–water partition coefficient (Wildman–Crippen LogP) is -1.59. The van der Waals surface area contributed by atoms with Gasteiger partial charge in [0.1, 0.15) is 17.8 Å². The number of rotatable bonds is 9. The Bertz CT molecular complexity index is 1270. The number of oxime groups is 1. The number of carboxylic acids is 1. The molecule has 0 unspecified atom stereocenters. The van der Waals surface area contributed by atoms with Crippen LogP contribution in [0, 0.1) is 6.92 Å². The van der Waals surface area contributed by atoms with Crippen LogP contribution in [0.3, 0.4) is 0 Å². The molecule has 16 nitrogen and oxygen atoms in total. The van der Waals surface area contributed by atoms with Gasteiger partial charge in [0.15, 0.2) is 10.8 Å². The number of carboxylic acid groups (broad SMARTS) is 1. The summed E-state index contributed by atoms with van der Waals surface area (Å²) in [5.41, 5.74) is 3.72. The Balaban J connectivity index is 1.89. The largest absolute Gasteiger partial charge is 0.478 e. The summed E-state index contributed by atoms with van der Waals surface area (Å²) in [7, 11) is -4.94. The van der Waals surface area contributed by atoms with Crippen LogP contribution in [0.4, 0.5) is 5.13 Å². The van der Waals surface area contributed by atoms with Gasteiger partial charge < -0.3 is 21.0 Å². The summed E-state index contributed by atoms with van der Waals surface area (Å²) in [6, 6.07) is -2.69. The van der Waals surface area contributed by atoms with E-state index < -0.39 is 51.5 Å². The summed E-state index contributed by atoms with van der Waals surface area (Å²) in [6.07, 6.45) is 1.39. The number of β-lactam (4-membered cyclic amide) rings is 1. The van der Waals surface area contributed by atoms with Crippen LogP contribution in [0.1, 0.15) is 25.2 Å². The SMILES string of the molecule is Cc1cnn(C[C@@H]2[C@H](NC(=O)C(=NOC(C)(C)C(=O)O)c3csc(N)n3)C(=O)N2S(=O)(=O)O)n1. The van der Waals surface area contributed by atoms with E-state index in [1.807, 2.05) is 0 Å². The fourth-order valence-electron chi connectivity index (χ4n) is 2.79. The van der Waals surface area contributed by atoms with Crippen LogP contribution in [0.5, 0.6) is 0 Å². The molecular weight excluding hydrogens is 496 g/mol. The summed E-state index contributed by atoms with van der Waals surface area (Å²) in [5.74, 6) is -3.52. The topological polar surface area (TPSA) is 232 Å². The van der Waals surface area contributed by atoms with E-state index in [-0.39, 0.29) is 21.7 Å². The van der Waals surface area contributed by atoms with Gasteiger partial charge in [-0.3, -0.25) is 14.1 Å². The highest BCUT2D eigenvalue weighted by molar-refractivity contribution is 7.84. The fraction of sp³-hybridized carbons (Fsp3) is 0.438. The van der Waals surface area contributed by atoms with E-state index in [0.717, 1.165) is 16.1 Å². The van der Waals surface area contributed by atoms with E-state index in [1.54, 1.807) is 6.92 Å². The number of hydrogen-bond acceptors (Lipinski definition) is 12. The number of thiazole rings is 1. The maximum absolute atomic E-state index is 13.0. The minimum absolute atomic E-state index is 0.0690. The van der Waals surface area contributed by atoms with E-state index in [2.05, 4.69) is 25.7 Å². The van der Waals surface area contributed by atoms with Gasteiger partial charge in [0, 0.05) is 5.38 Å². The van der Waals surface area contributed by atoms with Crippen molar-refractivity contribution in [1.82, 2.24) is 29.6 Å². The van der Waals surface area contributed by atoms with Crippen LogP contribution < -0.4 is 11.1 Å². The lowest BCUT2D eigenvalue weighted by atomic mass is 9.98. The minimum atomic E-state index is -4.94. The fourth-order valence-corrected chi connectivity index (χ4v) is 4.21. The predicted molar refractivity (Wildman–Crippen MR) is 115 cm³/mol. The van der Waals surface area contributed by atoms with Crippen molar-refractivity contribution in [2.75, 3.05) is 5.73 Å². The third-order valence-electron chi connectivity index (χ3n) is 4.57. The van der Waals surface area contributed by atoms with Crippen molar-refractivity contribution in [2.45, 2.75) is 45.0 Å². The Morgan fingerprint density at radius 2 is 2.09 bits per heavy atom. The van der Waals surface area contributed by atoms with Crippen molar-refractivity contribution in [3.05, 3.63) is 23.0 Å². The molecular formula is C16H20N8O8S2. The van der Waals surface area contributed by atoms with Crippen LogP contribution in [-0.2, 0) is 36.1 Å². The highest BCUT2D eigenvalue weighted by Crippen LogP contribution is 2.25. The molecule has 0 saturated carbocycles. The summed E-state index contributed by atoms with van der Waals surface area (Å²) in [5, 5.41) is 24.5. The monoisotopic (exact) mass is 516 g/mol. The Labute approximate surface area is 196 Å². The second-order valence-electron chi connectivity index (χ2n) is 7.59. The number of amides is 2. The molecule has 34 heavy (non-hydrogen) atoms. The number of anilines is 1. The van der Waals surface area contributed by atoms with E-state index in [9.17, 15) is 32.5 Å². The van der Waals surface area contributed by atoms with Crippen LogP contribution in [-0.4, -0.2) is 83.5 Å². The molecule has 3 heterocycles. The molecule has 0 bridgehead atoms. The van der Waals surface area contributed by atoms with Crippen molar-refractivity contribution in [3.8, 4) is 0 Å². The molecule has 3 rings (SSSR count). The third kappa shape index (κ3) is 5.13. The van der Waals surface area contributed by atoms with Gasteiger partial charge in [0.25, 0.3) is 11.8 Å². The zero-order valence-corrected chi connectivity index (χ0v) is 19.6. The number of nitrogens with one attached hydrogen (secondary N) is 1. The molecule has 18 heteroatoms. The molecule has 0 aliphatic carbocycles. The zero-order valence-electron chi connectivity index (χ0n) is 17.9. The number of nitrogens with two attached hydrogens (primary N) is 1. The normalized spacial score (nSPS) is 19.0. The lowest BCUT2D eigenvalue weighted by Gasteiger charge is -2.43. The van der Waals surface area contributed by atoms with E-state index in [4.69, 9.17) is 10.6 Å². The van der Waals surface area contributed by atoms with Crippen molar-refractivity contribution < 1.29 is 37.3 Å². The van der Waals surface area contributed by atoms with Gasteiger partial charge in [-0.15, -0.1) is 11.3 Å². The minimum Gasteiger partial charge on any atom is -0.478 e. The summed E-state index contributed by atoms with van der Waals surface area (Å²) in [4.78, 5) is 46.7. The van der Waals surface area contributed by atoms with Crippen molar-refractivity contribution in [1.29, 1.82) is 0 Å². The van der Waals surface area contributed by atoms with E-state index in [1.165, 1.54) is 25.4 Å². The number of carbonyl (C=O) groups is 3. The van der Waals surface area contributed by atoms with Gasteiger partial charge in [0.05, 0.1) is 18.4 Å². The highest BCUT2D eigenvalue weighted by atomic mass is 32.2. The van der Waals surface area contributed by atoms with Crippen molar-refractivity contribution >= 4 is 50.3 Å². The Hall–Kier alpha value is -3.64. The van der Waals surface area contributed by atoms with Gasteiger partial charge in [0.2, 0.25) is 5.60 Å². The smallest absolute Gasteiger partial charge is 0.362 e. The maximum atomic E-state index is 13.0. The van der Waals surface area contributed by atoms with Crippen LogP contribution in [0.25, 0.3) is 0 Å². The highest BCUT2D eigenvalue weighted by Gasteiger charge is 2.54. The molecule has 2 amide bonds. The lowest BCUT2D eigenvalue weighted by Crippen LogP contribution is -2.73. The average molecular weight is 517 g/mol. The van der Waals surface area contributed by atoms with Gasteiger partial charge in [-0.1, -0.05) is 5.16 Å². The number of aryl methyl sites for hydroxylation is 1. The second kappa shape index (κ2) is 8.95. The Kier molecular flexibility index (Phi) is 6.58. The van der Waals surface area contributed by atoms with Gasteiger partial charge >= 0.3 is 16.3 Å². The first-order valence-corrected chi connectivity index (χ1v) is 11.7. The summed E-state index contributed by atoms with van der Waals surface area (Å²) < 4.78 is 33.0.